The van der Waals surface area contributed by atoms with Crippen molar-refractivity contribution in [2.75, 3.05) is 30.0 Å². The predicted octanol–water partition coefficient (Wildman–Crippen LogP) is 2.39. The Bertz CT molecular complexity index is 689. The monoisotopic (exact) mass is 373 g/mol. The maximum absolute atomic E-state index is 13.3. The van der Waals surface area contributed by atoms with Crippen LogP contribution in [0.25, 0.3) is 0 Å². The highest BCUT2D eigenvalue weighted by molar-refractivity contribution is 5.88. The zero-order valence-electron chi connectivity index (χ0n) is 14.4. The molecule has 1 aromatic rings. The van der Waals surface area contributed by atoms with Crippen LogP contribution in [0.15, 0.2) is 18.2 Å². The summed E-state index contributed by atoms with van der Waals surface area (Å²) < 4.78 is 50.9. The van der Waals surface area contributed by atoms with Crippen molar-refractivity contribution in [3.8, 4) is 5.75 Å². The Labute approximate surface area is 148 Å². The Hall–Kier alpha value is -2.16. The van der Waals surface area contributed by atoms with Crippen molar-refractivity contribution in [2.45, 2.75) is 38.1 Å². The van der Waals surface area contributed by atoms with Crippen molar-refractivity contribution in [3.63, 3.8) is 0 Å². The minimum atomic E-state index is -4.76. The van der Waals surface area contributed by atoms with E-state index >= 15 is 0 Å². The summed E-state index contributed by atoms with van der Waals surface area (Å²) in [7, 11) is 0. The third-order valence-electron chi connectivity index (χ3n) is 4.77. The number of hydrogen-bond acceptors (Lipinski definition) is 5. The van der Waals surface area contributed by atoms with E-state index in [1.54, 1.807) is 0 Å². The zero-order valence-corrected chi connectivity index (χ0v) is 14.4. The molecular weight excluding hydrogens is 353 g/mol. The van der Waals surface area contributed by atoms with Crippen LogP contribution in [0.5, 0.6) is 5.75 Å². The summed E-state index contributed by atoms with van der Waals surface area (Å²) in [5.74, 6) is 0.928. The number of alkyl halides is 3. The van der Waals surface area contributed by atoms with Gasteiger partial charge in [-0.15, -0.1) is 0 Å². The molecular formula is C17H20F3N2O4-. The topological polar surface area (TPSA) is 73.9 Å². The highest BCUT2D eigenvalue weighted by Crippen LogP contribution is 2.41. The SMILES string of the molecule is CC(C)(N(C(=O)[O-])c1ccc2c(c1)NC[C@H](CC1COC1)O2)C(F)(F)F. The van der Waals surface area contributed by atoms with Gasteiger partial charge in [-0.1, -0.05) is 0 Å². The molecule has 3 rings (SSSR count). The molecule has 9 heteroatoms. The van der Waals surface area contributed by atoms with Gasteiger partial charge in [0.05, 0.1) is 25.4 Å². The van der Waals surface area contributed by atoms with Crippen LogP contribution in [0.3, 0.4) is 0 Å². The summed E-state index contributed by atoms with van der Waals surface area (Å²) in [6, 6.07) is 4.10. The molecule has 2 aliphatic rings. The lowest BCUT2D eigenvalue weighted by Crippen LogP contribution is -2.60. The Morgan fingerprint density at radius 2 is 2.04 bits per heavy atom. The average molecular weight is 373 g/mol. The van der Waals surface area contributed by atoms with Gasteiger partial charge in [-0.05, 0) is 38.5 Å². The summed E-state index contributed by atoms with van der Waals surface area (Å²) in [6.45, 7) is 3.49. The molecule has 0 radical (unpaired) electrons. The van der Waals surface area contributed by atoms with Gasteiger partial charge < -0.3 is 29.6 Å². The second-order valence-corrected chi connectivity index (χ2v) is 7.10. The van der Waals surface area contributed by atoms with Gasteiger partial charge >= 0.3 is 6.18 Å². The van der Waals surface area contributed by atoms with Crippen LogP contribution in [0.1, 0.15) is 20.3 Å². The number of nitrogens with one attached hydrogen (secondary N) is 1. The summed E-state index contributed by atoms with van der Waals surface area (Å²) in [5.41, 5.74) is -2.32. The average Bonchev–Trinajstić information content (AvgIpc) is 2.49. The maximum atomic E-state index is 13.3. The van der Waals surface area contributed by atoms with Gasteiger partial charge in [-0.3, -0.25) is 0 Å². The number of amides is 1. The number of benzene rings is 1. The van der Waals surface area contributed by atoms with Gasteiger partial charge in [0.15, 0.2) is 0 Å². The van der Waals surface area contributed by atoms with Gasteiger partial charge in [-0.25, -0.2) is 0 Å². The molecule has 2 heterocycles. The molecule has 144 valence electrons. The van der Waals surface area contributed by atoms with E-state index in [1.807, 2.05) is 0 Å². The Morgan fingerprint density at radius 3 is 2.58 bits per heavy atom. The van der Waals surface area contributed by atoms with Gasteiger partial charge in [0.25, 0.3) is 0 Å². The number of hydrogen-bond donors (Lipinski definition) is 1. The first-order valence-corrected chi connectivity index (χ1v) is 8.30. The van der Waals surface area contributed by atoms with Gasteiger partial charge in [0, 0.05) is 11.6 Å². The molecule has 0 aromatic heterocycles. The van der Waals surface area contributed by atoms with Crippen molar-refractivity contribution >= 4 is 17.5 Å². The van der Waals surface area contributed by atoms with E-state index in [1.165, 1.54) is 18.2 Å². The zero-order chi connectivity index (χ0) is 19.1. The molecule has 0 saturated carbocycles. The number of nitrogens with zero attached hydrogens (tertiary/aromatic N) is 1. The number of carboxylic acid groups (broad SMARTS) is 1. The van der Waals surface area contributed by atoms with E-state index in [9.17, 15) is 23.1 Å². The Kier molecular flexibility index (Phi) is 4.68. The van der Waals surface area contributed by atoms with Crippen LogP contribution in [0.2, 0.25) is 0 Å². The maximum Gasteiger partial charge on any atom is 0.411 e. The first-order chi connectivity index (χ1) is 12.1. The number of carbonyl (C=O) groups is 1. The van der Waals surface area contributed by atoms with E-state index in [2.05, 4.69) is 5.32 Å². The molecule has 0 spiro atoms. The third kappa shape index (κ3) is 3.40. The molecule has 1 amide bonds. The highest BCUT2D eigenvalue weighted by Gasteiger charge is 2.52. The van der Waals surface area contributed by atoms with Crippen LogP contribution >= 0.6 is 0 Å². The van der Waals surface area contributed by atoms with Gasteiger partial charge in [0.1, 0.15) is 23.5 Å². The van der Waals surface area contributed by atoms with Crippen molar-refractivity contribution in [3.05, 3.63) is 18.2 Å². The summed E-state index contributed by atoms with van der Waals surface area (Å²) in [5, 5.41) is 14.5. The van der Waals surface area contributed by atoms with Crippen LogP contribution in [-0.4, -0.2) is 43.7 Å². The van der Waals surface area contributed by atoms with Gasteiger partial charge in [0.2, 0.25) is 0 Å². The van der Waals surface area contributed by atoms with Crippen molar-refractivity contribution in [2.24, 2.45) is 5.92 Å². The van der Waals surface area contributed by atoms with Crippen molar-refractivity contribution in [1.29, 1.82) is 0 Å². The van der Waals surface area contributed by atoms with Gasteiger partial charge in [-0.2, -0.15) is 13.2 Å². The number of carbonyl (C=O) groups excluding carboxylic acids is 1. The second-order valence-electron chi connectivity index (χ2n) is 7.10. The number of ether oxygens (including phenoxy) is 2. The Balaban J connectivity index is 1.82. The van der Waals surface area contributed by atoms with E-state index in [4.69, 9.17) is 9.47 Å². The quantitative estimate of drug-likeness (QED) is 0.877. The van der Waals surface area contributed by atoms with Crippen LogP contribution in [-0.2, 0) is 4.74 Å². The van der Waals surface area contributed by atoms with Crippen LogP contribution < -0.4 is 20.1 Å². The predicted molar refractivity (Wildman–Crippen MR) is 86.3 cm³/mol. The van der Waals surface area contributed by atoms with Crippen LogP contribution in [0.4, 0.5) is 29.3 Å². The molecule has 2 aliphatic heterocycles. The highest BCUT2D eigenvalue weighted by atomic mass is 19.4. The standard InChI is InChI=1S/C17H21F3N2O4/c1-16(2,17(18,19)20)22(15(23)24)11-3-4-14-13(6-11)21-7-12(26-14)5-10-8-25-9-10/h3-4,6,10,12,21H,5,7-9H2,1-2H3,(H,23,24)/p-1/t12-/m0/s1. The van der Waals surface area contributed by atoms with E-state index in [0.717, 1.165) is 20.3 Å². The first-order valence-electron chi connectivity index (χ1n) is 8.30. The van der Waals surface area contributed by atoms with E-state index in [-0.39, 0.29) is 16.7 Å². The molecule has 1 aromatic carbocycles. The molecule has 1 saturated heterocycles. The molecule has 1 atom stereocenters. The summed E-state index contributed by atoms with van der Waals surface area (Å²) in [6.07, 6.45) is -5.93. The van der Waals surface area contributed by atoms with E-state index < -0.39 is 17.8 Å². The fraction of sp³-hybridized carbons (Fsp3) is 0.588. The number of anilines is 2. The molecule has 1 fully saturated rings. The Morgan fingerprint density at radius 1 is 1.35 bits per heavy atom. The largest absolute Gasteiger partial charge is 0.530 e. The fourth-order valence-corrected chi connectivity index (χ4v) is 3.05. The number of halogens is 3. The lowest BCUT2D eigenvalue weighted by atomic mass is 9.98. The number of fused-ring (bicyclic) bond motifs is 1. The third-order valence-corrected chi connectivity index (χ3v) is 4.77. The minimum absolute atomic E-state index is 0.0638. The fourth-order valence-electron chi connectivity index (χ4n) is 3.05. The molecule has 6 nitrogen and oxygen atoms in total. The van der Waals surface area contributed by atoms with Crippen molar-refractivity contribution < 1.29 is 32.5 Å². The normalized spacial score (nSPS) is 20.4. The minimum Gasteiger partial charge on any atom is -0.530 e. The first kappa shape index (κ1) is 18.6. The van der Waals surface area contributed by atoms with Crippen LogP contribution in [0, 0.1) is 5.92 Å². The lowest BCUT2D eigenvalue weighted by molar-refractivity contribution is -0.254. The summed E-state index contributed by atoms with van der Waals surface area (Å²) >= 11 is 0. The molecule has 1 N–H and O–H groups in total. The second kappa shape index (κ2) is 6.53. The number of rotatable bonds is 4. The summed E-state index contributed by atoms with van der Waals surface area (Å²) in [4.78, 5) is 11.6. The molecule has 0 aliphatic carbocycles. The lowest BCUT2D eigenvalue weighted by Gasteiger charge is -2.42. The molecule has 0 bridgehead atoms. The molecule has 26 heavy (non-hydrogen) atoms. The molecule has 0 unspecified atom stereocenters. The van der Waals surface area contributed by atoms with Crippen molar-refractivity contribution in [1.82, 2.24) is 0 Å². The smallest absolute Gasteiger partial charge is 0.411 e. The van der Waals surface area contributed by atoms with E-state index in [0.29, 0.717) is 37.1 Å².